The van der Waals surface area contributed by atoms with Crippen LogP contribution in [-0.2, 0) is 17.9 Å². The summed E-state index contributed by atoms with van der Waals surface area (Å²) in [5.74, 6) is -0.0637. The van der Waals surface area contributed by atoms with E-state index in [-0.39, 0.29) is 5.91 Å². The molecule has 5 nitrogen and oxygen atoms in total. The molecule has 0 unspecified atom stereocenters. The topological polar surface area (TPSA) is 59.0 Å². The Morgan fingerprint density at radius 1 is 1.37 bits per heavy atom. The fourth-order valence-corrected chi connectivity index (χ4v) is 1.81. The van der Waals surface area contributed by atoms with Crippen LogP contribution >= 0.6 is 0 Å². The number of carbonyl (C=O) groups is 1. The van der Waals surface area contributed by atoms with Gasteiger partial charge in [0.25, 0.3) is 0 Å². The molecule has 5 heteroatoms. The van der Waals surface area contributed by atoms with Gasteiger partial charge in [-0.15, -0.1) is 0 Å². The number of benzene rings is 1. The summed E-state index contributed by atoms with van der Waals surface area (Å²) < 4.78 is 1.86. The van der Waals surface area contributed by atoms with Gasteiger partial charge in [0, 0.05) is 31.9 Å². The molecule has 19 heavy (non-hydrogen) atoms. The summed E-state index contributed by atoms with van der Waals surface area (Å²) in [5.41, 5.74) is 2.85. The molecule has 1 heterocycles. The number of nitrogens with one attached hydrogen (secondary N) is 2. The molecular formula is C14H18N4O. The maximum Gasteiger partial charge on any atom is 0.221 e. The molecule has 0 spiro atoms. The van der Waals surface area contributed by atoms with E-state index in [2.05, 4.69) is 15.7 Å². The molecule has 2 N–H and O–H groups in total. The van der Waals surface area contributed by atoms with Gasteiger partial charge in [0.05, 0.1) is 11.9 Å². The summed E-state index contributed by atoms with van der Waals surface area (Å²) in [6.45, 7) is 5.05. The van der Waals surface area contributed by atoms with E-state index in [1.807, 2.05) is 42.1 Å². The number of nitrogens with zero attached hydrogens (tertiary/aromatic N) is 2. The van der Waals surface area contributed by atoms with Crippen LogP contribution in [-0.4, -0.2) is 15.7 Å². The molecule has 0 saturated carbocycles. The summed E-state index contributed by atoms with van der Waals surface area (Å²) in [6.07, 6.45) is 3.76. The predicted octanol–water partition coefficient (Wildman–Crippen LogP) is 2.47. The van der Waals surface area contributed by atoms with E-state index in [0.29, 0.717) is 6.54 Å². The van der Waals surface area contributed by atoms with E-state index < -0.39 is 0 Å². The zero-order valence-corrected chi connectivity index (χ0v) is 11.2. The average molecular weight is 258 g/mol. The monoisotopic (exact) mass is 258 g/mol. The van der Waals surface area contributed by atoms with Crippen LogP contribution in [0.15, 0.2) is 36.7 Å². The van der Waals surface area contributed by atoms with Crippen molar-refractivity contribution in [3.63, 3.8) is 0 Å². The molecule has 0 aliphatic carbocycles. The zero-order valence-electron chi connectivity index (χ0n) is 11.2. The molecule has 0 aliphatic rings. The van der Waals surface area contributed by atoms with Gasteiger partial charge in [-0.05, 0) is 18.6 Å². The highest BCUT2D eigenvalue weighted by molar-refractivity contribution is 5.89. The largest absolute Gasteiger partial charge is 0.378 e. The molecule has 2 rings (SSSR count). The Labute approximate surface area is 112 Å². The van der Waals surface area contributed by atoms with Crippen LogP contribution in [0.25, 0.3) is 0 Å². The van der Waals surface area contributed by atoms with Crippen molar-refractivity contribution in [3.05, 3.63) is 42.2 Å². The number of anilines is 2. The molecule has 1 amide bonds. The van der Waals surface area contributed by atoms with Crippen molar-refractivity contribution in [2.45, 2.75) is 26.9 Å². The number of hydrogen-bond donors (Lipinski definition) is 2. The summed E-state index contributed by atoms with van der Waals surface area (Å²) in [5, 5.41) is 10.3. The van der Waals surface area contributed by atoms with Crippen molar-refractivity contribution in [2.24, 2.45) is 0 Å². The van der Waals surface area contributed by atoms with Gasteiger partial charge in [0.1, 0.15) is 0 Å². The molecule has 0 radical (unpaired) electrons. The molecule has 0 fully saturated rings. The number of para-hydroxylation sites is 1. The van der Waals surface area contributed by atoms with Crippen molar-refractivity contribution in [3.8, 4) is 0 Å². The van der Waals surface area contributed by atoms with Gasteiger partial charge in [-0.2, -0.15) is 5.10 Å². The average Bonchev–Trinajstić information content (AvgIpc) is 2.85. The summed E-state index contributed by atoms with van der Waals surface area (Å²) in [6, 6.07) is 7.75. The summed E-state index contributed by atoms with van der Waals surface area (Å²) >= 11 is 0. The van der Waals surface area contributed by atoms with Crippen molar-refractivity contribution in [2.75, 3.05) is 10.6 Å². The normalized spacial score (nSPS) is 10.2. The SMILES string of the molecule is CCn1cc(NCc2ccccc2NC(C)=O)cn1. The van der Waals surface area contributed by atoms with Crippen molar-refractivity contribution < 1.29 is 4.79 Å². The maximum absolute atomic E-state index is 11.1. The lowest BCUT2D eigenvalue weighted by Gasteiger charge is -2.10. The molecule has 0 bridgehead atoms. The van der Waals surface area contributed by atoms with Gasteiger partial charge in [0.15, 0.2) is 0 Å². The third-order valence-corrected chi connectivity index (χ3v) is 2.77. The second-order valence-electron chi connectivity index (χ2n) is 4.28. The first-order valence-electron chi connectivity index (χ1n) is 6.31. The number of amides is 1. The molecule has 0 aliphatic heterocycles. The van der Waals surface area contributed by atoms with E-state index in [4.69, 9.17) is 0 Å². The fraction of sp³-hybridized carbons (Fsp3) is 0.286. The Kier molecular flexibility index (Phi) is 4.18. The van der Waals surface area contributed by atoms with E-state index in [1.54, 1.807) is 6.20 Å². The quantitative estimate of drug-likeness (QED) is 0.866. The molecular weight excluding hydrogens is 240 g/mol. The first-order chi connectivity index (χ1) is 9.19. The van der Waals surface area contributed by atoms with E-state index in [0.717, 1.165) is 23.5 Å². The standard InChI is InChI=1S/C14H18N4O/c1-3-18-10-13(9-16-18)15-8-12-6-4-5-7-14(12)17-11(2)19/h4-7,9-10,15H,3,8H2,1-2H3,(H,17,19). The molecule has 0 atom stereocenters. The van der Waals surface area contributed by atoms with Gasteiger partial charge < -0.3 is 10.6 Å². The number of hydrogen-bond acceptors (Lipinski definition) is 3. The molecule has 1 aromatic heterocycles. The van der Waals surface area contributed by atoms with E-state index in [9.17, 15) is 4.79 Å². The van der Waals surface area contributed by atoms with Gasteiger partial charge >= 0.3 is 0 Å². The fourth-order valence-electron chi connectivity index (χ4n) is 1.81. The van der Waals surface area contributed by atoms with Crippen molar-refractivity contribution in [1.82, 2.24) is 9.78 Å². The first-order valence-corrected chi connectivity index (χ1v) is 6.31. The lowest BCUT2D eigenvalue weighted by Crippen LogP contribution is -2.09. The lowest BCUT2D eigenvalue weighted by atomic mass is 10.1. The molecule has 2 aromatic rings. The number of aromatic nitrogens is 2. The van der Waals surface area contributed by atoms with Gasteiger partial charge in [-0.25, -0.2) is 0 Å². The van der Waals surface area contributed by atoms with Crippen LogP contribution in [0.2, 0.25) is 0 Å². The highest BCUT2D eigenvalue weighted by Crippen LogP contribution is 2.16. The Balaban J connectivity index is 2.04. The molecule has 1 aromatic carbocycles. The van der Waals surface area contributed by atoms with Crippen LogP contribution in [0.4, 0.5) is 11.4 Å². The zero-order chi connectivity index (χ0) is 13.7. The van der Waals surface area contributed by atoms with E-state index >= 15 is 0 Å². The minimum Gasteiger partial charge on any atom is -0.378 e. The third kappa shape index (κ3) is 3.58. The van der Waals surface area contributed by atoms with Gasteiger partial charge in [-0.3, -0.25) is 9.48 Å². The molecule has 0 saturated heterocycles. The molecule has 100 valence electrons. The van der Waals surface area contributed by atoms with Gasteiger partial charge in [-0.1, -0.05) is 18.2 Å². The van der Waals surface area contributed by atoms with Crippen molar-refractivity contribution >= 4 is 17.3 Å². The van der Waals surface area contributed by atoms with Crippen LogP contribution in [0.3, 0.4) is 0 Å². The first kappa shape index (κ1) is 13.1. The number of carbonyl (C=O) groups excluding carboxylic acids is 1. The Morgan fingerprint density at radius 2 is 2.16 bits per heavy atom. The van der Waals surface area contributed by atoms with Gasteiger partial charge in [0.2, 0.25) is 5.91 Å². The van der Waals surface area contributed by atoms with E-state index in [1.165, 1.54) is 6.92 Å². The van der Waals surface area contributed by atoms with Crippen molar-refractivity contribution in [1.29, 1.82) is 0 Å². The Hall–Kier alpha value is -2.30. The smallest absolute Gasteiger partial charge is 0.221 e. The summed E-state index contributed by atoms with van der Waals surface area (Å²) in [4.78, 5) is 11.1. The van der Waals surface area contributed by atoms with Crippen LogP contribution < -0.4 is 10.6 Å². The van der Waals surface area contributed by atoms with Crippen LogP contribution in [0, 0.1) is 0 Å². The number of aryl methyl sites for hydroxylation is 1. The second kappa shape index (κ2) is 6.04. The lowest BCUT2D eigenvalue weighted by molar-refractivity contribution is -0.114. The highest BCUT2D eigenvalue weighted by Gasteiger charge is 2.03. The number of rotatable bonds is 5. The Morgan fingerprint density at radius 3 is 2.84 bits per heavy atom. The highest BCUT2D eigenvalue weighted by atomic mass is 16.1. The Bertz CT molecular complexity index is 562. The predicted molar refractivity (Wildman–Crippen MR) is 76.0 cm³/mol. The minimum atomic E-state index is -0.0637. The third-order valence-electron chi connectivity index (χ3n) is 2.77. The van der Waals surface area contributed by atoms with Crippen LogP contribution in [0.5, 0.6) is 0 Å². The maximum atomic E-state index is 11.1. The van der Waals surface area contributed by atoms with Crippen LogP contribution in [0.1, 0.15) is 19.4 Å². The summed E-state index contributed by atoms with van der Waals surface area (Å²) in [7, 11) is 0. The minimum absolute atomic E-state index is 0.0637. The second-order valence-corrected chi connectivity index (χ2v) is 4.28.